The lowest BCUT2D eigenvalue weighted by atomic mass is 10.2. The molecule has 24 heavy (non-hydrogen) atoms. The molecule has 9 heteroatoms. The molecule has 0 unspecified atom stereocenters. The topological polar surface area (TPSA) is 70.7 Å². The molecular weight excluding hydrogens is 327 g/mol. The monoisotopic (exact) mass is 345 g/mol. The number of carbonyl (C=O) groups is 2. The van der Waals surface area contributed by atoms with E-state index in [1.807, 2.05) is 5.32 Å². The van der Waals surface area contributed by atoms with Crippen molar-refractivity contribution in [3.05, 3.63) is 29.6 Å². The van der Waals surface area contributed by atoms with Crippen LogP contribution in [0.4, 0.5) is 18.9 Å². The van der Waals surface area contributed by atoms with E-state index in [9.17, 15) is 22.8 Å². The Labute approximate surface area is 137 Å². The van der Waals surface area contributed by atoms with Gasteiger partial charge in [-0.05, 0) is 18.6 Å². The maximum absolute atomic E-state index is 13.5. The summed E-state index contributed by atoms with van der Waals surface area (Å²) >= 11 is 0. The molecule has 1 atom stereocenters. The minimum Gasteiger partial charge on any atom is -0.383 e. The van der Waals surface area contributed by atoms with Crippen molar-refractivity contribution < 1.29 is 27.5 Å². The molecule has 0 bridgehead atoms. The summed E-state index contributed by atoms with van der Waals surface area (Å²) in [6.45, 7) is 2.61. The Hall–Kier alpha value is -2.13. The molecule has 0 aromatic heterocycles. The number of halogens is 3. The number of carbonyl (C=O) groups excluding carboxylic acids is 2. The number of anilines is 1. The molecule has 0 radical (unpaired) electrons. The van der Waals surface area contributed by atoms with Crippen LogP contribution < -0.4 is 10.6 Å². The molecule has 1 fully saturated rings. The molecule has 2 amide bonds. The van der Waals surface area contributed by atoms with E-state index < -0.39 is 35.0 Å². The number of amides is 2. The Bertz CT molecular complexity index is 627. The molecule has 0 aliphatic carbocycles. The Morgan fingerprint density at radius 3 is 2.71 bits per heavy atom. The Kier molecular flexibility index (Phi) is 6.16. The third-order valence-electron chi connectivity index (χ3n) is 3.71. The number of rotatable bonds is 5. The highest BCUT2D eigenvalue weighted by atomic mass is 19.2. The quantitative estimate of drug-likeness (QED) is 0.614. The van der Waals surface area contributed by atoms with E-state index in [1.54, 1.807) is 7.11 Å². The van der Waals surface area contributed by atoms with E-state index >= 15 is 0 Å². The molecule has 0 spiro atoms. The summed E-state index contributed by atoms with van der Waals surface area (Å²) < 4.78 is 44.4. The van der Waals surface area contributed by atoms with Crippen LogP contribution in [0.2, 0.25) is 0 Å². The van der Waals surface area contributed by atoms with E-state index in [0.717, 1.165) is 19.2 Å². The van der Waals surface area contributed by atoms with Crippen molar-refractivity contribution >= 4 is 17.5 Å². The first kappa shape index (κ1) is 18.2. The highest BCUT2D eigenvalue weighted by Gasteiger charge is 2.26. The lowest BCUT2D eigenvalue weighted by Gasteiger charge is -2.16. The van der Waals surface area contributed by atoms with Crippen LogP contribution in [0.1, 0.15) is 6.42 Å². The number of hydrogen-bond donors (Lipinski definition) is 2. The fraction of sp³-hybridized carbons (Fsp3) is 0.467. The largest absolute Gasteiger partial charge is 0.383 e. The zero-order valence-corrected chi connectivity index (χ0v) is 13.1. The lowest BCUT2D eigenvalue weighted by Crippen LogP contribution is -2.43. The maximum atomic E-state index is 13.5. The van der Waals surface area contributed by atoms with Crippen LogP contribution in [-0.2, 0) is 14.3 Å². The molecule has 1 aromatic rings. The summed E-state index contributed by atoms with van der Waals surface area (Å²) in [6, 6.07) is 1.30. The summed E-state index contributed by atoms with van der Waals surface area (Å²) in [4.78, 5) is 25.7. The number of nitrogens with zero attached hydrogens (tertiary/aromatic N) is 1. The van der Waals surface area contributed by atoms with Crippen molar-refractivity contribution in [1.82, 2.24) is 10.2 Å². The van der Waals surface area contributed by atoms with Crippen LogP contribution in [-0.4, -0.2) is 56.1 Å². The van der Waals surface area contributed by atoms with Gasteiger partial charge in [-0.1, -0.05) is 0 Å². The summed E-state index contributed by atoms with van der Waals surface area (Å²) in [5.74, 6) is -6.74. The maximum Gasteiger partial charge on any atom is 0.313 e. The second-order valence-corrected chi connectivity index (χ2v) is 5.43. The second-order valence-electron chi connectivity index (χ2n) is 5.43. The summed E-state index contributed by atoms with van der Waals surface area (Å²) in [5.41, 5.74) is -0.595. The van der Waals surface area contributed by atoms with Crippen molar-refractivity contribution in [3.8, 4) is 0 Å². The van der Waals surface area contributed by atoms with E-state index in [4.69, 9.17) is 4.74 Å². The van der Waals surface area contributed by atoms with Gasteiger partial charge in [0.2, 0.25) is 0 Å². The van der Waals surface area contributed by atoms with Gasteiger partial charge in [0.05, 0.1) is 12.3 Å². The fourth-order valence-electron chi connectivity index (χ4n) is 2.43. The molecule has 6 nitrogen and oxygen atoms in total. The van der Waals surface area contributed by atoms with Crippen LogP contribution in [0.15, 0.2) is 12.1 Å². The highest BCUT2D eigenvalue weighted by Crippen LogP contribution is 2.19. The minimum absolute atomic E-state index is 0.213. The normalized spacial score (nSPS) is 17.8. The summed E-state index contributed by atoms with van der Waals surface area (Å²) in [7, 11) is 1.59. The van der Waals surface area contributed by atoms with E-state index in [2.05, 4.69) is 10.2 Å². The van der Waals surface area contributed by atoms with Gasteiger partial charge in [0.25, 0.3) is 0 Å². The summed E-state index contributed by atoms with van der Waals surface area (Å²) in [5, 5.41) is 4.46. The molecule has 1 aliphatic heterocycles. The minimum atomic E-state index is -1.71. The smallest absolute Gasteiger partial charge is 0.313 e. The Balaban J connectivity index is 1.87. The molecule has 0 saturated carbocycles. The molecule has 1 saturated heterocycles. The number of methoxy groups -OCH3 is 1. The van der Waals surface area contributed by atoms with Crippen LogP contribution >= 0.6 is 0 Å². The lowest BCUT2D eigenvalue weighted by molar-refractivity contribution is -0.136. The first-order valence-corrected chi connectivity index (χ1v) is 7.39. The zero-order valence-electron chi connectivity index (χ0n) is 13.1. The number of nitrogens with one attached hydrogen (secondary N) is 2. The predicted octanol–water partition coefficient (Wildman–Crippen LogP) is 0.879. The van der Waals surface area contributed by atoms with Gasteiger partial charge in [0.15, 0.2) is 17.5 Å². The number of likely N-dealkylation sites (tertiary alicyclic amines) is 1. The third-order valence-corrected chi connectivity index (χ3v) is 3.71. The van der Waals surface area contributed by atoms with Gasteiger partial charge in [-0.25, -0.2) is 13.2 Å². The number of benzene rings is 1. The van der Waals surface area contributed by atoms with Gasteiger partial charge in [-0.2, -0.15) is 0 Å². The zero-order chi connectivity index (χ0) is 17.7. The molecular formula is C15H18F3N3O3. The van der Waals surface area contributed by atoms with Crippen molar-refractivity contribution in [2.45, 2.75) is 12.5 Å². The van der Waals surface area contributed by atoms with E-state index in [-0.39, 0.29) is 6.04 Å². The van der Waals surface area contributed by atoms with Crippen molar-refractivity contribution in [1.29, 1.82) is 0 Å². The van der Waals surface area contributed by atoms with Crippen LogP contribution in [0.5, 0.6) is 0 Å². The molecule has 1 aromatic carbocycles. The van der Waals surface area contributed by atoms with Gasteiger partial charge < -0.3 is 15.4 Å². The van der Waals surface area contributed by atoms with Crippen molar-refractivity contribution in [2.75, 3.05) is 38.7 Å². The van der Waals surface area contributed by atoms with Crippen LogP contribution in [0.3, 0.4) is 0 Å². The Morgan fingerprint density at radius 2 is 2.00 bits per heavy atom. The highest BCUT2D eigenvalue weighted by molar-refractivity contribution is 6.39. The molecule has 1 aliphatic rings. The van der Waals surface area contributed by atoms with Gasteiger partial charge in [0.1, 0.15) is 0 Å². The van der Waals surface area contributed by atoms with Crippen molar-refractivity contribution in [2.24, 2.45) is 0 Å². The van der Waals surface area contributed by atoms with Crippen LogP contribution in [0, 0.1) is 17.5 Å². The molecule has 1 heterocycles. The van der Waals surface area contributed by atoms with E-state index in [1.165, 1.54) is 0 Å². The Morgan fingerprint density at radius 1 is 1.25 bits per heavy atom. The number of hydrogen-bond acceptors (Lipinski definition) is 4. The van der Waals surface area contributed by atoms with Crippen LogP contribution in [0.25, 0.3) is 0 Å². The molecule has 132 valence electrons. The van der Waals surface area contributed by atoms with Gasteiger partial charge >= 0.3 is 11.8 Å². The predicted molar refractivity (Wildman–Crippen MR) is 79.8 cm³/mol. The van der Waals surface area contributed by atoms with Crippen molar-refractivity contribution in [3.63, 3.8) is 0 Å². The standard InChI is InChI=1S/C15H18F3N3O3/c1-24-7-6-21-5-4-9(8-21)19-14(22)15(23)20-11-3-2-10(16)12(17)13(11)18/h2-3,9H,4-8H2,1H3,(H,19,22)(H,20,23)/t9-/m1/s1. The second kappa shape index (κ2) is 8.11. The van der Waals surface area contributed by atoms with Gasteiger partial charge in [0, 0.05) is 32.8 Å². The first-order chi connectivity index (χ1) is 11.4. The third kappa shape index (κ3) is 4.45. The molecule has 2 rings (SSSR count). The SMILES string of the molecule is COCCN1CC[C@@H](NC(=O)C(=O)Nc2ccc(F)c(F)c2F)C1. The number of ether oxygens (including phenoxy) is 1. The average Bonchev–Trinajstić information content (AvgIpc) is 3.00. The summed E-state index contributed by atoms with van der Waals surface area (Å²) in [6.07, 6.45) is 0.669. The van der Waals surface area contributed by atoms with Gasteiger partial charge in [-0.3, -0.25) is 14.5 Å². The molecule has 2 N–H and O–H groups in total. The first-order valence-electron chi connectivity index (χ1n) is 7.39. The van der Waals surface area contributed by atoms with E-state index in [0.29, 0.717) is 25.6 Å². The van der Waals surface area contributed by atoms with Gasteiger partial charge in [-0.15, -0.1) is 0 Å². The average molecular weight is 345 g/mol. The fourth-order valence-corrected chi connectivity index (χ4v) is 2.43.